The summed E-state index contributed by atoms with van der Waals surface area (Å²) >= 11 is 0. The van der Waals surface area contributed by atoms with Crippen LogP contribution in [-0.4, -0.2) is 49.0 Å². The number of sulfonamides is 1. The van der Waals surface area contributed by atoms with E-state index in [0.29, 0.717) is 44.2 Å². The second-order valence-corrected chi connectivity index (χ2v) is 8.86. The number of pyridine rings is 1. The van der Waals surface area contributed by atoms with Crippen LogP contribution < -0.4 is 9.47 Å². The van der Waals surface area contributed by atoms with E-state index in [4.69, 9.17) is 9.47 Å². The van der Waals surface area contributed by atoms with E-state index in [9.17, 15) is 8.42 Å². The highest BCUT2D eigenvalue weighted by Crippen LogP contribution is 2.33. The fourth-order valence-corrected chi connectivity index (χ4v) is 5.07. The van der Waals surface area contributed by atoms with Crippen molar-refractivity contribution in [2.75, 3.05) is 26.3 Å². The molecule has 30 heavy (non-hydrogen) atoms. The summed E-state index contributed by atoms with van der Waals surface area (Å²) in [7, 11) is -3.64. The molecule has 2 aromatic heterocycles. The van der Waals surface area contributed by atoms with Gasteiger partial charge in [0.1, 0.15) is 5.65 Å². The lowest BCUT2D eigenvalue weighted by molar-refractivity contribution is 0.287. The number of aromatic nitrogens is 2. The van der Waals surface area contributed by atoms with Crippen molar-refractivity contribution in [2.24, 2.45) is 0 Å². The average molecular weight is 428 g/mol. The highest BCUT2D eigenvalue weighted by atomic mass is 32.2. The number of rotatable bonds is 7. The van der Waals surface area contributed by atoms with Gasteiger partial charge < -0.3 is 14.5 Å². The largest absolute Gasteiger partial charge is 0.490 e. The molecule has 3 heterocycles. The molecule has 1 N–H and O–H groups in total. The maximum atomic E-state index is 13.2. The van der Waals surface area contributed by atoms with Crippen LogP contribution in [0.25, 0.3) is 16.6 Å². The normalized spacial score (nSPS) is 15.2. The minimum absolute atomic E-state index is 0.211. The van der Waals surface area contributed by atoms with Crippen LogP contribution in [-0.2, 0) is 10.0 Å². The zero-order chi connectivity index (χ0) is 21.1. The van der Waals surface area contributed by atoms with Crippen LogP contribution in [0, 0.1) is 0 Å². The summed E-state index contributed by atoms with van der Waals surface area (Å²) in [6, 6.07) is 8.71. The maximum absolute atomic E-state index is 13.2. The van der Waals surface area contributed by atoms with Crippen molar-refractivity contribution < 1.29 is 17.9 Å². The second kappa shape index (κ2) is 8.49. The van der Waals surface area contributed by atoms with E-state index in [1.54, 1.807) is 24.4 Å². The van der Waals surface area contributed by atoms with E-state index in [2.05, 4.69) is 9.97 Å². The standard InChI is InChI=1S/C22H25N3O4S/c1-3-28-20-8-7-17(14-21(20)29-4-2)30(26,27)25-12-9-16(10-13-25)19-15-24-22-18(19)6-5-11-23-22/h5-9,11,14-15H,3-4,10,12-13H2,1-2H3,(H,23,24). The topological polar surface area (TPSA) is 84.5 Å². The van der Waals surface area contributed by atoms with E-state index in [1.165, 1.54) is 4.31 Å². The van der Waals surface area contributed by atoms with E-state index >= 15 is 0 Å². The Morgan fingerprint density at radius 1 is 1.13 bits per heavy atom. The molecule has 158 valence electrons. The summed E-state index contributed by atoms with van der Waals surface area (Å²) in [5, 5.41) is 1.05. The van der Waals surface area contributed by atoms with Gasteiger partial charge in [-0.3, -0.25) is 0 Å². The highest BCUT2D eigenvalue weighted by Gasteiger charge is 2.28. The summed E-state index contributed by atoms with van der Waals surface area (Å²) < 4.78 is 39.0. The molecule has 1 aromatic carbocycles. The maximum Gasteiger partial charge on any atom is 0.243 e. The van der Waals surface area contributed by atoms with Crippen molar-refractivity contribution in [3.8, 4) is 11.5 Å². The molecule has 0 radical (unpaired) electrons. The lowest BCUT2D eigenvalue weighted by Crippen LogP contribution is -2.34. The lowest BCUT2D eigenvalue weighted by atomic mass is 10.0. The molecule has 1 aliphatic rings. The van der Waals surface area contributed by atoms with E-state index < -0.39 is 10.0 Å². The quantitative estimate of drug-likeness (QED) is 0.619. The third-order valence-corrected chi connectivity index (χ3v) is 6.98. The van der Waals surface area contributed by atoms with Crippen molar-refractivity contribution in [3.05, 3.63) is 54.4 Å². The van der Waals surface area contributed by atoms with Gasteiger partial charge in [0.2, 0.25) is 10.0 Å². The van der Waals surface area contributed by atoms with Gasteiger partial charge in [0.15, 0.2) is 11.5 Å². The number of fused-ring (bicyclic) bond motifs is 1. The SMILES string of the molecule is CCOc1ccc(S(=O)(=O)N2CC=C(c3c[nH]c4ncccc34)CC2)cc1OCC. The van der Waals surface area contributed by atoms with Crippen molar-refractivity contribution in [2.45, 2.75) is 25.2 Å². The van der Waals surface area contributed by atoms with E-state index in [0.717, 1.165) is 22.2 Å². The molecule has 0 spiro atoms. The van der Waals surface area contributed by atoms with E-state index in [1.807, 2.05) is 38.3 Å². The molecule has 7 nitrogen and oxygen atoms in total. The Labute approximate surface area is 176 Å². The van der Waals surface area contributed by atoms with Gasteiger partial charge in [-0.05, 0) is 50.1 Å². The van der Waals surface area contributed by atoms with Crippen LogP contribution in [0.2, 0.25) is 0 Å². The molecule has 0 amide bonds. The Kier molecular flexibility index (Phi) is 5.78. The van der Waals surface area contributed by atoms with Gasteiger partial charge in [0, 0.05) is 42.5 Å². The number of aromatic amines is 1. The number of H-pyrrole nitrogens is 1. The number of hydrogen-bond acceptors (Lipinski definition) is 5. The van der Waals surface area contributed by atoms with Crippen molar-refractivity contribution in [3.63, 3.8) is 0 Å². The Balaban J connectivity index is 1.58. The van der Waals surface area contributed by atoms with Crippen LogP contribution in [0.1, 0.15) is 25.8 Å². The minimum atomic E-state index is -3.64. The lowest BCUT2D eigenvalue weighted by Gasteiger charge is -2.26. The van der Waals surface area contributed by atoms with Crippen molar-refractivity contribution >= 4 is 26.6 Å². The Bertz CT molecular complexity index is 1180. The van der Waals surface area contributed by atoms with Crippen LogP contribution in [0.3, 0.4) is 0 Å². The molecule has 4 rings (SSSR count). The molecule has 0 saturated carbocycles. The third-order valence-electron chi connectivity index (χ3n) is 5.12. The number of ether oxygens (including phenoxy) is 2. The first kappa shape index (κ1) is 20.4. The molecule has 0 bridgehead atoms. The average Bonchev–Trinajstić information content (AvgIpc) is 3.19. The summed E-state index contributed by atoms with van der Waals surface area (Å²) in [5.74, 6) is 0.993. The molecule has 1 aliphatic heterocycles. The molecule has 0 unspecified atom stereocenters. The molecule has 0 fully saturated rings. The second-order valence-electron chi connectivity index (χ2n) is 6.92. The monoisotopic (exact) mass is 427 g/mol. The van der Waals surface area contributed by atoms with Gasteiger partial charge in [-0.2, -0.15) is 4.31 Å². The van der Waals surface area contributed by atoms with Crippen LogP contribution >= 0.6 is 0 Å². The molecular weight excluding hydrogens is 402 g/mol. The van der Waals surface area contributed by atoms with E-state index in [-0.39, 0.29) is 4.90 Å². The van der Waals surface area contributed by atoms with Gasteiger partial charge in [0.25, 0.3) is 0 Å². The van der Waals surface area contributed by atoms with Gasteiger partial charge >= 0.3 is 0 Å². The number of nitrogens with zero attached hydrogens (tertiary/aromatic N) is 2. The minimum Gasteiger partial charge on any atom is -0.490 e. The summed E-state index contributed by atoms with van der Waals surface area (Å²) in [6.07, 6.45) is 6.30. The Morgan fingerprint density at radius 2 is 1.93 bits per heavy atom. The Hall–Kier alpha value is -2.84. The fourth-order valence-electron chi connectivity index (χ4n) is 3.68. The fraction of sp³-hybridized carbons (Fsp3) is 0.318. The van der Waals surface area contributed by atoms with Gasteiger partial charge in [-0.25, -0.2) is 13.4 Å². The highest BCUT2D eigenvalue weighted by molar-refractivity contribution is 7.89. The summed E-state index contributed by atoms with van der Waals surface area (Å²) in [5.41, 5.74) is 3.04. The predicted molar refractivity (Wildman–Crippen MR) is 116 cm³/mol. The van der Waals surface area contributed by atoms with Gasteiger partial charge in [-0.1, -0.05) is 6.08 Å². The van der Waals surface area contributed by atoms with Crippen LogP contribution in [0.4, 0.5) is 0 Å². The van der Waals surface area contributed by atoms with Crippen molar-refractivity contribution in [1.82, 2.24) is 14.3 Å². The zero-order valence-electron chi connectivity index (χ0n) is 17.1. The van der Waals surface area contributed by atoms with Crippen molar-refractivity contribution in [1.29, 1.82) is 0 Å². The predicted octanol–water partition coefficient (Wildman–Crippen LogP) is 3.84. The third kappa shape index (κ3) is 3.80. The molecule has 3 aromatic rings. The first-order valence-electron chi connectivity index (χ1n) is 10.1. The number of nitrogens with one attached hydrogen (secondary N) is 1. The summed E-state index contributed by atoms with van der Waals surface area (Å²) in [6.45, 7) is 5.38. The van der Waals surface area contributed by atoms with Gasteiger partial charge in [0.05, 0.1) is 18.1 Å². The Morgan fingerprint density at radius 3 is 2.67 bits per heavy atom. The van der Waals surface area contributed by atoms with Crippen LogP contribution in [0.5, 0.6) is 11.5 Å². The molecule has 0 aliphatic carbocycles. The summed E-state index contributed by atoms with van der Waals surface area (Å²) in [4.78, 5) is 7.71. The number of hydrogen-bond donors (Lipinski definition) is 1. The zero-order valence-corrected chi connectivity index (χ0v) is 17.9. The van der Waals surface area contributed by atoms with Crippen LogP contribution in [0.15, 0.2) is 53.7 Å². The molecule has 0 atom stereocenters. The molecule has 8 heteroatoms. The first-order chi connectivity index (χ1) is 14.5. The van der Waals surface area contributed by atoms with Gasteiger partial charge in [-0.15, -0.1) is 0 Å². The molecule has 0 saturated heterocycles. The molecular formula is C22H25N3O4S. The smallest absolute Gasteiger partial charge is 0.243 e. The first-order valence-corrected chi connectivity index (χ1v) is 11.5. The number of benzene rings is 1.